The molecule has 1 aromatic heterocycles. The van der Waals surface area contributed by atoms with Crippen LogP contribution in [-0.2, 0) is 25.7 Å². The van der Waals surface area contributed by atoms with Gasteiger partial charge < -0.3 is 41.7 Å². The number of anilines is 3. The van der Waals surface area contributed by atoms with E-state index in [9.17, 15) is 29.1 Å². The maximum atomic E-state index is 13.7. The van der Waals surface area contributed by atoms with Gasteiger partial charge in [-0.05, 0) is 73.2 Å². The van der Waals surface area contributed by atoms with Gasteiger partial charge in [-0.2, -0.15) is 0 Å². The summed E-state index contributed by atoms with van der Waals surface area (Å²) in [4.78, 5) is 71.2. The molecule has 1 aliphatic rings. The minimum Gasteiger partial charge on any atom is -0.493 e. The molecule has 4 aromatic rings. The Morgan fingerprint density at radius 1 is 0.906 bits per heavy atom. The van der Waals surface area contributed by atoms with Crippen LogP contribution in [0.2, 0.25) is 0 Å². The van der Waals surface area contributed by atoms with Gasteiger partial charge in [-0.25, -0.2) is 4.98 Å². The molecule has 0 radical (unpaired) electrons. The molecule has 0 aliphatic carbocycles. The number of amides is 5. The second kappa shape index (κ2) is 23.8. The van der Waals surface area contributed by atoms with Crippen LogP contribution in [0.15, 0.2) is 72.2 Å². The highest BCUT2D eigenvalue weighted by Crippen LogP contribution is 2.33. The number of aliphatic hydroxyl groups excluding tert-OH is 1. The van der Waals surface area contributed by atoms with Crippen molar-refractivity contribution in [3.63, 3.8) is 0 Å². The van der Waals surface area contributed by atoms with Crippen LogP contribution in [0.5, 0.6) is 5.75 Å². The van der Waals surface area contributed by atoms with Crippen LogP contribution in [-0.4, -0.2) is 75.9 Å². The highest BCUT2D eigenvalue weighted by molar-refractivity contribution is 7.13. The predicted octanol–water partition coefficient (Wildman–Crippen LogP) is 8.00. The molecule has 344 valence electrons. The number of unbranched alkanes of at least 4 members (excludes halogenated alkanes) is 8. The van der Waals surface area contributed by atoms with Crippen molar-refractivity contribution in [3.05, 3.63) is 89.1 Å². The molecule has 3 atom stereocenters. The van der Waals surface area contributed by atoms with Crippen molar-refractivity contribution in [1.82, 2.24) is 20.5 Å². The number of nitrogens with two attached hydrogens (primary N) is 1. The Kier molecular flexibility index (Phi) is 18.3. The molecule has 1 saturated heterocycles. The zero-order valence-corrected chi connectivity index (χ0v) is 38.7. The number of nitrogen functional groups attached to an aromatic ring is 1. The number of aromatic nitrogens is 1. The Labute approximate surface area is 381 Å². The molecule has 0 spiro atoms. The van der Waals surface area contributed by atoms with Gasteiger partial charge in [0.1, 0.15) is 17.8 Å². The van der Waals surface area contributed by atoms with E-state index in [2.05, 4.69) is 26.3 Å². The number of para-hydroxylation sites is 2. The van der Waals surface area contributed by atoms with Crippen molar-refractivity contribution in [1.29, 1.82) is 0 Å². The van der Waals surface area contributed by atoms with Crippen LogP contribution in [0.4, 0.5) is 17.1 Å². The van der Waals surface area contributed by atoms with Gasteiger partial charge in [-0.3, -0.25) is 24.0 Å². The Morgan fingerprint density at radius 2 is 1.58 bits per heavy atom. The van der Waals surface area contributed by atoms with E-state index in [4.69, 9.17) is 10.5 Å². The molecule has 3 unspecified atom stereocenters. The molecule has 0 saturated carbocycles. The number of likely N-dealkylation sites (tertiary alicyclic amines) is 1. The van der Waals surface area contributed by atoms with Gasteiger partial charge in [0.25, 0.3) is 5.91 Å². The number of nitrogens with one attached hydrogen (secondary N) is 4. The molecule has 3 aromatic carbocycles. The first-order valence-corrected chi connectivity index (χ1v) is 23.2. The van der Waals surface area contributed by atoms with Crippen molar-refractivity contribution in [2.45, 2.75) is 130 Å². The Balaban J connectivity index is 0.998. The molecule has 15 heteroatoms. The number of carbonyl (C=O) groups is 5. The fourth-order valence-corrected chi connectivity index (χ4v) is 8.52. The van der Waals surface area contributed by atoms with Gasteiger partial charge in [-0.15, -0.1) is 11.3 Å². The van der Waals surface area contributed by atoms with Crippen LogP contribution < -0.4 is 31.7 Å². The zero-order valence-electron chi connectivity index (χ0n) is 37.8. The number of hydrogen-bond donors (Lipinski definition) is 6. The predicted molar refractivity (Wildman–Crippen MR) is 253 cm³/mol. The third kappa shape index (κ3) is 14.6. The highest BCUT2D eigenvalue weighted by atomic mass is 32.1. The molecule has 5 amide bonds. The summed E-state index contributed by atoms with van der Waals surface area (Å²) in [6, 6.07) is 18.1. The Bertz CT molecular complexity index is 2200. The van der Waals surface area contributed by atoms with E-state index in [1.165, 1.54) is 11.8 Å². The Morgan fingerprint density at radius 3 is 2.22 bits per heavy atom. The molecule has 14 nitrogen and oxygen atoms in total. The average molecular weight is 896 g/mol. The Hall–Kier alpha value is -5.80. The summed E-state index contributed by atoms with van der Waals surface area (Å²) < 4.78 is 6.36. The number of carbonyl (C=O) groups excluding carboxylic acids is 5. The standard InChI is InChI=1S/C49H65N7O7S/c1-32-44(64-31-52-32)35-20-21-36(29-51-47(61)41-28-38(58)30-56(41)48(62)45(49(3,4)5)53-33(2)57)42(27-35)63-26-16-12-10-8-6-7-9-11-13-19-43(59)54-37-24-22-34(23-25-37)46(60)55-40-18-15-14-17-39(40)50/h14-15,17-18,20-25,27,31,38,41,45,58H,6-13,16,19,26,28-30,50H2,1-5H3,(H,51,61)(H,53,57)(H,54,59)(H,55,60). The van der Waals surface area contributed by atoms with Crippen molar-refractivity contribution >= 4 is 57.9 Å². The van der Waals surface area contributed by atoms with Crippen molar-refractivity contribution in [2.24, 2.45) is 5.41 Å². The molecule has 2 heterocycles. The van der Waals surface area contributed by atoms with Gasteiger partial charge in [0, 0.05) is 49.7 Å². The first kappa shape index (κ1) is 49.2. The van der Waals surface area contributed by atoms with Gasteiger partial charge >= 0.3 is 0 Å². The largest absolute Gasteiger partial charge is 0.493 e. The molecule has 7 N–H and O–H groups in total. The summed E-state index contributed by atoms with van der Waals surface area (Å²) >= 11 is 1.56. The van der Waals surface area contributed by atoms with Gasteiger partial charge in [-0.1, -0.05) is 90.0 Å². The third-order valence-electron chi connectivity index (χ3n) is 11.3. The molecule has 0 bridgehead atoms. The monoisotopic (exact) mass is 895 g/mol. The summed E-state index contributed by atoms with van der Waals surface area (Å²) in [5, 5.41) is 22.0. The second-order valence-electron chi connectivity index (χ2n) is 17.7. The summed E-state index contributed by atoms with van der Waals surface area (Å²) in [6.07, 6.45) is 8.95. The zero-order chi connectivity index (χ0) is 46.2. The van der Waals surface area contributed by atoms with E-state index in [-0.39, 0.29) is 43.1 Å². The number of aryl methyl sites for hydroxylation is 1. The molecule has 64 heavy (non-hydrogen) atoms. The average Bonchev–Trinajstić information content (AvgIpc) is 3.87. The summed E-state index contributed by atoms with van der Waals surface area (Å²) in [6.45, 7) is 9.57. The van der Waals surface area contributed by atoms with E-state index < -0.39 is 29.5 Å². The number of ether oxygens (including phenoxy) is 1. The number of rotatable bonds is 22. The van der Waals surface area contributed by atoms with E-state index in [0.29, 0.717) is 41.4 Å². The lowest BCUT2D eigenvalue weighted by atomic mass is 9.85. The number of benzene rings is 3. The molecule has 1 aliphatic heterocycles. The topological polar surface area (TPSA) is 205 Å². The normalized spacial score (nSPS) is 15.3. The summed E-state index contributed by atoms with van der Waals surface area (Å²) in [5.41, 5.74) is 12.0. The second-order valence-corrected chi connectivity index (χ2v) is 18.5. The summed E-state index contributed by atoms with van der Waals surface area (Å²) in [5.74, 6) is -0.763. The van der Waals surface area contributed by atoms with Crippen molar-refractivity contribution in [3.8, 4) is 16.2 Å². The minimum atomic E-state index is -0.877. The van der Waals surface area contributed by atoms with E-state index in [1.807, 2.05) is 51.4 Å². The van der Waals surface area contributed by atoms with E-state index in [1.54, 1.807) is 59.9 Å². The molecular formula is C49H65N7O7S. The maximum absolute atomic E-state index is 13.7. The smallest absolute Gasteiger partial charge is 0.255 e. The van der Waals surface area contributed by atoms with E-state index in [0.717, 1.165) is 79.5 Å². The molecule has 5 rings (SSSR count). The van der Waals surface area contributed by atoms with Crippen LogP contribution in [0.1, 0.15) is 120 Å². The van der Waals surface area contributed by atoms with Crippen LogP contribution in [0.3, 0.4) is 0 Å². The third-order valence-corrected chi connectivity index (χ3v) is 12.3. The quantitative estimate of drug-likeness (QED) is 0.0334. The van der Waals surface area contributed by atoms with Crippen molar-refractivity contribution < 1.29 is 33.8 Å². The van der Waals surface area contributed by atoms with E-state index >= 15 is 0 Å². The van der Waals surface area contributed by atoms with Gasteiger partial charge in [0.05, 0.1) is 40.2 Å². The fraction of sp³-hybridized carbons (Fsp3) is 0.469. The van der Waals surface area contributed by atoms with Gasteiger partial charge in [0.2, 0.25) is 23.6 Å². The first-order valence-electron chi connectivity index (χ1n) is 22.4. The van der Waals surface area contributed by atoms with Crippen LogP contribution in [0.25, 0.3) is 10.4 Å². The summed E-state index contributed by atoms with van der Waals surface area (Å²) in [7, 11) is 0. The van der Waals surface area contributed by atoms with Crippen LogP contribution >= 0.6 is 11.3 Å². The number of hydrogen-bond acceptors (Lipinski definition) is 10. The number of nitrogens with zero attached hydrogens (tertiary/aromatic N) is 2. The van der Waals surface area contributed by atoms with Crippen molar-refractivity contribution in [2.75, 3.05) is 29.5 Å². The number of β-amino-alcohol motifs (C(OH)–C–C–N with tert-alkyl or cyclic N) is 1. The fourth-order valence-electron chi connectivity index (χ4n) is 7.72. The number of thiazole rings is 1. The molecular weight excluding hydrogens is 831 g/mol. The molecule has 1 fully saturated rings. The SMILES string of the molecule is CC(=O)NC(C(=O)N1CC(O)CC1C(=O)NCc1ccc(-c2scnc2C)cc1OCCCCCCCCCCCC(=O)Nc1ccc(C(=O)Nc2ccccc2N)cc1)C(C)(C)C. The van der Waals surface area contributed by atoms with Gasteiger partial charge in [0.15, 0.2) is 0 Å². The van der Waals surface area contributed by atoms with Crippen LogP contribution in [0, 0.1) is 12.3 Å². The highest BCUT2D eigenvalue weighted by Gasteiger charge is 2.44. The lowest BCUT2D eigenvalue weighted by Gasteiger charge is -2.35. The maximum Gasteiger partial charge on any atom is 0.255 e. The first-order chi connectivity index (χ1) is 30.6. The lowest BCUT2D eigenvalue weighted by Crippen LogP contribution is -2.57. The lowest BCUT2D eigenvalue weighted by molar-refractivity contribution is -0.143. The number of aliphatic hydroxyl groups is 1. The minimum absolute atomic E-state index is 0.0107.